The van der Waals surface area contributed by atoms with E-state index in [1.807, 2.05) is 0 Å². The van der Waals surface area contributed by atoms with Gasteiger partial charge >= 0.3 is 0 Å². The third kappa shape index (κ3) is 3.87. The lowest BCUT2D eigenvalue weighted by atomic mass is 10.1. The number of likely N-dealkylation sites (tertiary alicyclic amines) is 1. The van der Waals surface area contributed by atoms with Crippen LogP contribution < -0.4 is 15.8 Å². The second kappa shape index (κ2) is 6.97. The Morgan fingerprint density at radius 2 is 2.00 bits per heavy atom. The van der Waals surface area contributed by atoms with E-state index < -0.39 is 0 Å². The van der Waals surface area contributed by atoms with Crippen LogP contribution in [0, 0.1) is 0 Å². The van der Waals surface area contributed by atoms with Crippen molar-refractivity contribution in [3.63, 3.8) is 0 Å². The largest absolute Gasteiger partial charge is 0.497 e. The van der Waals surface area contributed by atoms with Gasteiger partial charge < -0.3 is 20.7 Å². The minimum Gasteiger partial charge on any atom is -0.497 e. The maximum atomic E-state index is 12.0. The molecule has 1 aliphatic heterocycles. The van der Waals surface area contributed by atoms with Crippen molar-refractivity contribution in [2.24, 2.45) is 0 Å². The average Bonchev–Trinajstić information content (AvgIpc) is 2.52. The molecule has 0 aromatic heterocycles. The number of piperidine rings is 1. The number of hydrogen-bond acceptors (Lipinski definition) is 4. The monoisotopic (exact) mass is 291 g/mol. The molecule has 1 aromatic rings. The first kappa shape index (κ1) is 15.2. The summed E-state index contributed by atoms with van der Waals surface area (Å²) in [5.41, 5.74) is 6.49. The molecule has 1 heterocycles. The molecule has 0 aliphatic carbocycles. The SMILES string of the molecule is COc1ccc(C(=O)NCC(=O)N2CCCCC2)c(N)c1. The highest BCUT2D eigenvalue weighted by Crippen LogP contribution is 2.19. The van der Waals surface area contributed by atoms with E-state index in [0.717, 1.165) is 25.9 Å². The van der Waals surface area contributed by atoms with Crippen molar-refractivity contribution in [3.8, 4) is 5.75 Å². The van der Waals surface area contributed by atoms with Crippen molar-refractivity contribution < 1.29 is 14.3 Å². The Hall–Kier alpha value is -2.24. The van der Waals surface area contributed by atoms with Crippen LogP contribution in [-0.4, -0.2) is 43.5 Å². The van der Waals surface area contributed by atoms with Gasteiger partial charge in [0.1, 0.15) is 5.75 Å². The van der Waals surface area contributed by atoms with E-state index in [4.69, 9.17) is 10.5 Å². The summed E-state index contributed by atoms with van der Waals surface area (Å²) in [6, 6.07) is 4.84. The normalized spacial score (nSPS) is 14.6. The van der Waals surface area contributed by atoms with E-state index >= 15 is 0 Å². The average molecular weight is 291 g/mol. The first-order chi connectivity index (χ1) is 10.1. The highest BCUT2D eigenvalue weighted by Gasteiger charge is 2.18. The molecule has 0 spiro atoms. The third-order valence-electron chi connectivity index (χ3n) is 3.61. The van der Waals surface area contributed by atoms with Crippen LogP contribution in [0.4, 0.5) is 5.69 Å². The summed E-state index contributed by atoms with van der Waals surface area (Å²) in [6.45, 7) is 1.56. The zero-order chi connectivity index (χ0) is 15.2. The second-order valence-electron chi connectivity index (χ2n) is 5.08. The fourth-order valence-electron chi connectivity index (χ4n) is 2.38. The summed E-state index contributed by atoms with van der Waals surface area (Å²) < 4.78 is 5.03. The maximum Gasteiger partial charge on any atom is 0.253 e. The predicted molar refractivity (Wildman–Crippen MR) is 80.2 cm³/mol. The third-order valence-corrected chi connectivity index (χ3v) is 3.61. The number of nitrogen functional groups attached to an aromatic ring is 1. The van der Waals surface area contributed by atoms with Gasteiger partial charge in [-0.05, 0) is 31.4 Å². The van der Waals surface area contributed by atoms with Gasteiger partial charge in [-0.25, -0.2) is 0 Å². The molecule has 21 heavy (non-hydrogen) atoms. The van der Waals surface area contributed by atoms with Crippen molar-refractivity contribution >= 4 is 17.5 Å². The Bertz CT molecular complexity index is 525. The maximum absolute atomic E-state index is 12.0. The van der Waals surface area contributed by atoms with Gasteiger partial charge in [0, 0.05) is 24.8 Å². The van der Waals surface area contributed by atoms with Crippen LogP contribution in [0.1, 0.15) is 29.6 Å². The predicted octanol–water partition coefficient (Wildman–Crippen LogP) is 1.02. The number of anilines is 1. The lowest BCUT2D eigenvalue weighted by Crippen LogP contribution is -2.42. The summed E-state index contributed by atoms with van der Waals surface area (Å²) in [4.78, 5) is 25.8. The quantitative estimate of drug-likeness (QED) is 0.811. The zero-order valence-electron chi connectivity index (χ0n) is 12.2. The molecular formula is C15H21N3O3. The number of benzene rings is 1. The van der Waals surface area contributed by atoms with Gasteiger partial charge in [-0.2, -0.15) is 0 Å². The molecule has 0 unspecified atom stereocenters. The number of ether oxygens (including phenoxy) is 1. The van der Waals surface area contributed by atoms with E-state index in [-0.39, 0.29) is 18.4 Å². The van der Waals surface area contributed by atoms with E-state index in [1.165, 1.54) is 13.5 Å². The molecule has 0 radical (unpaired) electrons. The van der Waals surface area contributed by atoms with E-state index in [2.05, 4.69) is 5.32 Å². The van der Waals surface area contributed by atoms with Crippen LogP contribution in [0.2, 0.25) is 0 Å². The second-order valence-corrected chi connectivity index (χ2v) is 5.08. The van der Waals surface area contributed by atoms with E-state index in [1.54, 1.807) is 23.1 Å². The molecule has 6 heteroatoms. The van der Waals surface area contributed by atoms with Gasteiger partial charge in [0.05, 0.1) is 19.2 Å². The molecule has 2 rings (SSSR count). The number of nitrogens with one attached hydrogen (secondary N) is 1. The fraction of sp³-hybridized carbons (Fsp3) is 0.467. The Morgan fingerprint density at radius 3 is 2.62 bits per heavy atom. The Morgan fingerprint density at radius 1 is 1.29 bits per heavy atom. The van der Waals surface area contributed by atoms with Crippen LogP contribution in [-0.2, 0) is 4.79 Å². The smallest absolute Gasteiger partial charge is 0.253 e. The molecule has 114 valence electrons. The Balaban J connectivity index is 1.90. The molecule has 0 bridgehead atoms. The minimum absolute atomic E-state index is 0.00427. The highest BCUT2D eigenvalue weighted by atomic mass is 16.5. The van der Waals surface area contributed by atoms with Crippen LogP contribution in [0.25, 0.3) is 0 Å². The molecule has 1 aliphatic rings. The Labute approximate surface area is 124 Å². The number of nitrogens with zero attached hydrogens (tertiary/aromatic N) is 1. The Kier molecular flexibility index (Phi) is 5.03. The summed E-state index contributed by atoms with van der Waals surface area (Å²) in [7, 11) is 1.53. The summed E-state index contributed by atoms with van der Waals surface area (Å²) >= 11 is 0. The standard InChI is InChI=1S/C15H21N3O3/c1-21-11-5-6-12(13(16)9-11)15(20)17-10-14(19)18-7-3-2-4-8-18/h5-6,9H,2-4,7-8,10,16H2,1H3,(H,17,20). The summed E-state index contributed by atoms with van der Waals surface area (Å²) in [6.07, 6.45) is 3.23. The number of methoxy groups -OCH3 is 1. The van der Waals surface area contributed by atoms with Crippen LogP contribution >= 0.6 is 0 Å². The molecular weight excluding hydrogens is 270 g/mol. The van der Waals surface area contributed by atoms with Crippen LogP contribution in [0.5, 0.6) is 5.75 Å². The summed E-state index contributed by atoms with van der Waals surface area (Å²) in [5.74, 6) is 0.198. The van der Waals surface area contributed by atoms with E-state index in [0.29, 0.717) is 17.0 Å². The van der Waals surface area contributed by atoms with Gasteiger partial charge in [-0.15, -0.1) is 0 Å². The van der Waals surface area contributed by atoms with Crippen molar-refractivity contribution in [3.05, 3.63) is 23.8 Å². The number of hydrogen-bond donors (Lipinski definition) is 2. The van der Waals surface area contributed by atoms with Crippen molar-refractivity contribution in [1.29, 1.82) is 0 Å². The number of carbonyl (C=O) groups excluding carboxylic acids is 2. The lowest BCUT2D eigenvalue weighted by molar-refractivity contribution is -0.130. The van der Waals surface area contributed by atoms with Gasteiger partial charge in [-0.3, -0.25) is 9.59 Å². The van der Waals surface area contributed by atoms with Gasteiger partial charge in [0.15, 0.2) is 0 Å². The van der Waals surface area contributed by atoms with E-state index in [9.17, 15) is 9.59 Å². The zero-order valence-corrected chi connectivity index (χ0v) is 12.2. The van der Waals surface area contributed by atoms with Gasteiger partial charge in [0.25, 0.3) is 5.91 Å². The van der Waals surface area contributed by atoms with Crippen molar-refractivity contribution in [2.45, 2.75) is 19.3 Å². The molecule has 3 N–H and O–H groups in total. The molecule has 6 nitrogen and oxygen atoms in total. The topological polar surface area (TPSA) is 84.7 Å². The number of carbonyl (C=O) groups is 2. The molecule has 1 saturated heterocycles. The molecule has 1 aromatic carbocycles. The fourth-order valence-corrected chi connectivity index (χ4v) is 2.38. The van der Waals surface area contributed by atoms with Gasteiger partial charge in [0.2, 0.25) is 5.91 Å². The lowest BCUT2D eigenvalue weighted by Gasteiger charge is -2.26. The van der Waals surface area contributed by atoms with Crippen LogP contribution in [0.15, 0.2) is 18.2 Å². The van der Waals surface area contributed by atoms with Gasteiger partial charge in [-0.1, -0.05) is 0 Å². The van der Waals surface area contributed by atoms with Crippen molar-refractivity contribution in [2.75, 3.05) is 32.5 Å². The molecule has 0 atom stereocenters. The van der Waals surface area contributed by atoms with Crippen LogP contribution in [0.3, 0.4) is 0 Å². The summed E-state index contributed by atoms with van der Waals surface area (Å²) in [5, 5.41) is 2.62. The molecule has 1 fully saturated rings. The molecule has 2 amide bonds. The van der Waals surface area contributed by atoms with Crippen molar-refractivity contribution in [1.82, 2.24) is 10.2 Å². The highest BCUT2D eigenvalue weighted by molar-refractivity contribution is 6.00. The molecule has 0 saturated carbocycles. The number of rotatable bonds is 4. The number of amides is 2. The minimum atomic E-state index is -0.347. The number of nitrogens with two attached hydrogens (primary N) is 1. The first-order valence-electron chi connectivity index (χ1n) is 7.11. The first-order valence-corrected chi connectivity index (χ1v) is 7.11.